The first kappa shape index (κ1) is 17.0. The van der Waals surface area contributed by atoms with Crippen molar-refractivity contribution in [3.05, 3.63) is 29.3 Å². The molecule has 0 heterocycles. The third-order valence-electron chi connectivity index (χ3n) is 3.20. The first-order chi connectivity index (χ1) is 9.67. The van der Waals surface area contributed by atoms with Crippen LogP contribution in [0.1, 0.15) is 44.7 Å². The van der Waals surface area contributed by atoms with E-state index in [4.69, 9.17) is 9.47 Å². The van der Waals surface area contributed by atoms with E-state index in [1.807, 2.05) is 6.07 Å². The van der Waals surface area contributed by atoms with Crippen LogP contribution in [-0.2, 0) is 17.9 Å². The molecule has 114 valence electrons. The highest BCUT2D eigenvalue weighted by Gasteiger charge is 2.05. The monoisotopic (exact) mass is 279 g/mol. The summed E-state index contributed by atoms with van der Waals surface area (Å²) in [7, 11) is 1.71. The Morgan fingerprint density at radius 3 is 2.70 bits per heavy atom. The fourth-order valence-corrected chi connectivity index (χ4v) is 1.97. The highest BCUT2D eigenvalue weighted by molar-refractivity contribution is 5.36. The van der Waals surface area contributed by atoms with E-state index in [1.54, 1.807) is 7.11 Å². The van der Waals surface area contributed by atoms with Crippen LogP contribution in [-0.4, -0.2) is 20.3 Å². The molecule has 0 saturated carbocycles. The summed E-state index contributed by atoms with van der Waals surface area (Å²) < 4.78 is 11.2. The quantitative estimate of drug-likeness (QED) is 0.662. The van der Waals surface area contributed by atoms with Crippen LogP contribution in [0.25, 0.3) is 0 Å². The van der Waals surface area contributed by atoms with Crippen molar-refractivity contribution in [1.82, 2.24) is 5.32 Å². The molecule has 1 N–H and O–H groups in total. The molecule has 0 aliphatic heterocycles. The van der Waals surface area contributed by atoms with Crippen molar-refractivity contribution in [2.45, 2.75) is 46.8 Å². The van der Waals surface area contributed by atoms with Gasteiger partial charge in [-0.1, -0.05) is 26.8 Å². The van der Waals surface area contributed by atoms with Crippen molar-refractivity contribution in [1.29, 1.82) is 0 Å². The van der Waals surface area contributed by atoms with E-state index in [-0.39, 0.29) is 0 Å². The van der Waals surface area contributed by atoms with Crippen molar-refractivity contribution in [2.24, 2.45) is 5.92 Å². The van der Waals surface area contributed by atoms with Crippen molar-refractivity contribution in [3.63, 3.8) is 0 Å². The minimum atomic E-state index is 0.623. The lowest BCUT2D eigenvalue weighted by Gasteiger charge is -2.12. The molecule has 1 aromatic carbocycles. The number of ether oxygens (including phenoxy) is 2. The molecule has 1 rings (SSSR count). The van der Waals surface area contributed by atoms with E-state index < -0.39 is 0 Å². The summed E-state index contributed by atoms with van der Waals surface area (Å²) in [6, 6.07) is 6.32. The maximum atomic E-state index is 5.75. The van der Waals surface area contributed by atoms with Gasteiger partial charge in [-0.05, 0) is 43.0 Å². The highest BCUT2D eigenvalue weighted by atomic mass is 16.5. The predicted octanol–water partition coefficient (Wildman–Crippen LogP) is 3.76. The maximum absolute atomic E-state index is 5.75. The van der Waals surface area contributed by atoms with Gasteiger partial charge in [-0.2, -0.15) is 0 Å². The van der Waals surface area contributed by atoms with Gasteiger partial charge in [0.25, 0.3) is 0 Å². The molecular weight excluding hydrogens is 250 g/mol. The first-order valence-corrected chi connectivity index (χ1v) is 7.61. The zero-order valence-corrected chi connectivity index (χ0v) is 13.4. The van der Waals surface area contributed by atoms with E-state index in [9.17, 15) is 0 Å². The van der Waals surface area contributed by atoms with Crippen molar-refractivity contribution in [3.8, 4) is 5.75 Å². The lowest BCUT2D eigenvalue weighted by atomic mass is 10.1. The molecule has 3 nitrogen and oxygen atoms in total. The van der Waals surface area contributed by atoms with E-state index >= 15 is 0 Å². The second kappa shape index (κ2) is 9.78. The number of hydrogen-bond donors (Lipinski definition) is 1. The average molecular weight is 279 g/mol. The Labute approximate surface area is 123 Å². The summed E-state index contributed by atoms with van der Waals surface area (Å²) in [5, 5.41) is 3.42. The topological polar surface area (TPSA) is 30.5 Å². The largest absolute Gasteiger partial charge is 0.496 e. The van der Waals surface area contributed by atoms with E-state index in [0.717, 1.165) is 43.9 Å². The minimum absolute atomic E-state index is 0.623. The molecule has 0 bridgehead atoms. The van der Waals surface area contributed by atoms with Crippen LogP contribution >= 0.6 is 0 Å². The lowest BCUT2D eigenvalue weighted by molar-refractivity contribution is 0.109. The summed E-state index contributed by atoms with van der Waals surface area (Å²) in [6.45, 7) is 9.97. The fourth-order valence-electron chi connectivity index (χ4n) is 1.97. The van der Waals surface area contributed by atoms with Gasteiger partial charge in [-0.15, -0.1) is 0 Å². The zero-order chi connectivity index (χ0) is 14.8. The normalized spacial score (nSPS) is 11.1. The molecule has 3 heteroatoms. The van der Waals surface area contributed by atoms with Crippen LogP contribution in [0.2, 0.25) is 0 Å². The van der Waals surface area contributed by atoms with E-state index in [2.05, 4.69) is 38.2 Å². The molecule has 20 heavy (non-hydrogen) atoms. The molecule has 0 fully saturated rings. The van der Waals surface area contributed by atoms with Crippen molar-refractivity contribution in [2.75, 3.05) is 20.3 Å². The highest BCUT2D eigenvalue weighted by Crippen LogP contribution is 2.21. The Morgan fingerprint density at radius 2 is 2.05 bits per heavy atom. The van der Waals surface area contributed by atoms with Gasteiger partial charge < -0.3 is 14.8 Å². The summed E-state index contributed by atoms with van der Waals surface area (Å²) in [5.41, 5.74) is 2.41. The predicted molar refractivity (Wildman–Crippen MR) is 84.1 cm³/mol. The molecule has 0 spiro atoms. The zero-order valence-electron chi connectivity index (χ0n) is 13.4. The van der Waals surface area contributed by atoms with Crippen LogP contribution in [0.5, 0.6) is 5.75 Å². The molecule has 0 aliphatic rings. The number of nitrogens with one attached hydrogen (secondary N) is 1. The third-order valence-corrected chi connectivity index (χ3v) is 3.20. The van der Waals surface area contributed by atoms with Gasteiger partial charge >= 0.3 is 0 Å². The second-order valence-corrected chi connectivity index (χ2v) is 5.56. The molecule has 0 aliphatic carbocycles. The first-order valence-electron chi connectivity index (χ1n) is 7.61. The van der Waals surface area contributed by atoms with Gasteiger partial charge in [0.15, 0.2) is 0 Å². The lowest BCUT2D eigenvalue weighted by Crippen LogP contribution is -2.14. The van der Waals surface area contributed by atoms with Crippen LogP contribution in [0, 0.1) is 5.92 Å². The minimum Gasteiger partial charge on any atom is -0.496 e. The Kier molecular flexibility index (Phi) is 8.31. The molecule has 1 aromatic rings. The molecule has 0 aromatic heterocycles. The standard InChI is InChI=1S/C17H29NO2/c1-5-9-18-12-15-6-7-17(19-4)16(11-15)13-20-10-8-14(2)3/h6-7,11,14,18H,5,8-10,12-13H2,1-4H3. The van der Waals surface area contributed by atoms with Gasteiger partial charge in [0.1, 0.15) is 5.75 Å². The average Bonchev–Trinajstić information content (AvgIpc) is 2.44. The van der Waals surface area contributed by atoms with Gasteiger partial charge in [0, 0.05) is 18.7 Å². The molecule has 0 atom stereocenters. The van der Waals surface area contributed by atoms with Crippen LogP contribution in [0.15, 0.2) is 18.2 Å². The summed E-state index contributed by atoms with van der Waals surface area (Å²) in [6.07, 6.45) is 2.25. The van der Waals surface area contributed by atoms with Crippen molar-refractivity contribution >= 4 is 0 Å². The maximum Gasteiger partial charge on any atom is 0.124 e. The molecule has 0 unspecified atom stereocenters. The van der Waals surface area contributed by atoms with Gasteiger partial charge in [-0.3, -0.25) is 0 Å². The molecular formula is C17H29NO2. The summed E-state index contributed by atoms with van der Waals surface area (Å²) in [5.74, 6) is 1.59. The molecule has 0 saturated heterocycles. The fraction of sp³-hybridized carbons (Fsp3) is 0.647. The molecule has 0 radical (unpaired) electrons. The number of hydrogen-bond acceptors (Lipinski definition) is 3. The van der Waals surface area contributed by atoms with Crippen LogP contribution in [0.3, 0.4) is 0 Å². The van der Waals surface area contributed by atoms with E-state index in [0.29, 0.717) is 12.5 Å². The smallest absolute Gasteiger partial charge is 0.124 e. The number of methoxy groups -OCH3 is 1. The van der Waals surface area contributed by atoms with Crippen LogP contribution < -0.4 is 10.1 Å². The van der Waals surface area contributed by atoms with E-state index in [1.165, 1.54) is 5.56 Å². The number of rotatable bonds is 10. The summed E-state index contributed by atoms with van der Waals surface area (Å²) in [4.78, 5) is 0. The molecule has 0 amide bonds. The third kappa shape index (κ3) is 6.40. The van der Waals surface area contributed by atoms with Gasteiger partial charge in [-0.25, -0.2) is 0 Å². The Morgan fingerprint density at radius 1 is 1.25 bits per heavy atom. The van der Waals surface area contributed by atoms with Gasteiger partial charge in [0.05, 0.1) is 13.7 Å². The van der Waals surface area contributed by atoms with Crippen molar-refractivity contribution < 1.29 is 9.47 Å². The van der Waals surface area contributed by atoms with Crippen LogP contribution in [0.4, 0.5) is 0 Å². The van der Waals surface area contributed by atoms with Gasteiger partial charge in [0.2, 0.25) is 0 Å². The second-order valence-electron chi connectivity index (χ2n) is 5.56. The number of benzene rings is 1. The Balaban J connectivity index is 2.54. The Hall–Kier alpha value is -1.06. The summed E-state index contributed by atoms with van der Waals surface area (Å²) >= 11 is 0. The Bertz CT molecular complexity index is 377. The SMILES string of the molecule is CCCNCc1ccc(OC)c(COCCC(C)C)c1.